The van der Waals surface area contributed by atoms with E-state index in [-0.39, 0.29) is 23.6 Å². The molecule has 8 heteroatoms. The van der Waals surface area contributed by atoms with E-state index in [1.165, 1.54) is 0 Å². The summed E-state index contributed by atoms with van der Waals surface area (Å²) in [7, 11) is 0. The van der Waals surface area contributed by atoms with Gasteiger partial charge < -0.3 is 15.6 Å². The van der Waals surface area contributed by atoms with E-state index in [4.69, 9.17) is 0 Å². The number of benzene rings is 1. The van der Waals surface area contributed by atoms with E-state index in [2.05, 4.69) is 32.4 Å². The van der Waals surface area contributed by atoms with E-state index in [1.54, 1.807) is 11.8 Å². The Kier molecular flexibility index (Phi) is 8.02. The van der Waals surface area contributed by atoms with Crippen molar-refractivity contribution in [2.45, 2.75) is 12.2 Å². The number of thioether (sulfide) groups is 1. The van der Waals surface area contributed by atoms with Gasteiger partial charge in [-0.2, -0.15) is 0 Å². The topological polar surface area (TPSA) is 73.1 Å². The number of hydrogen-bond donors (Lipinski definition) is 3. The molecule has 2 heterocycles. The van der Waals surface area contributed by atoms with Crippen LogP contribution >= 0.6 is 24.2 Å². The second-order valence-corrected chi connectivity index (χ2v) is 7.36. The van der Waals surface area contributed by atoms with Crippen molar-refractivity contribution in [3.63, 3.8) is 0 Å². The molecule has 1 aromatic carbocycles. The molecular formula is C17H26ClN5OS. The second-order valence-electron chi connectivity index (χ2n) is 6.03. The summed E-state index contributed by atoms with van der Waals surface area (Å²) in [4.78, 5) is 22.3. The van der Waals surface area contributed by atoms with Crippen molar-refractivity contribution >= 4 is 41.1 Å². The van der Waals surface area contributed by atoms with Gasteiger partial charge in [-0.25, -0.2) is 4.98 Å². The fourth-order valence-electron chi connectivity index (χ4n) is 2.78. The quantitative estimate of drug-likeness (QED) is 0.680. The highest BCUT2D eigenvalue weighted by Crippen LogP contribution is 2.27. The van der Waals surface area contributed by atoms with Crippen molar-refractivity contribution in [1.82, 2.24) is 25.5 Å². The molecule has 0 saturated carbocycles. The average molecular weight is 384 g/mol. The van der Waals surface area contributed by atoms with Gasteiger partial charge >= 0.3 is 0 Å². The zero-order chi connectivity index (χ0) is 16.8. The summed E-state index contributed by atoms with van der Waals surface area (Å²) in [6, 6.07) is 7.99. The summed E-state index contributed by atoms with van der Waals surface area (Å²) in [5, 5.41) is 6.50. The highest BCUT2D eigenvalue weighted by Gasteiger charge is 2.14. The van der Waals surface area contributed by atoms with Gasteiger partial charge in [-0.15, -0.1) is 24.2 Å². The smallest absolute Gasteiger partial charge is 0.230 e. The molecule has 1 fully saturated rings. The number of amides is 1. The van der Waals surface area contributed by atoms with Crippen molar-refractivity contribution in [2.24, 2.45) is 0 Å². The second kappa shape index (κ2) is 10.0. The number of halogens is 1. The molecule has 1 saturated heterocycles. The largest absolute Gasteiger partial charge is 0.354 e. The third kappa shape index (κ3) is 5.88. The van der Waals surface area contributed by atoms with Crippen LogP contribution in [0.15, 0.2) is 24.3 Å². The number of fused-ring (bicyclic) bond motifs is 1. The molecule has 1 aromatic heterocycles. The molecule has 0 spiro atoms. The summed E-state index contributed by atoms with van der Waals surface area (Å²) in [5.74, 6) is 1.48. The first-order chi connectivity index (χ1) is 11.7. The molecule has 1 atom stereocenters. The number of carbonyl (C=O) groups excluding carboxylic acids is 1. The van der Waals surface area contributed by atoms with E-state index < -0.39 is 0 Å². The highest BCUT2D eigenvalue weighted by atomic mass is 35.5. The molecule has 0 radical (unpaired) electrons. The SMILES string of the molecule is CC(SCC(=O)NCCN1CCNCC1)c1nc2ccccc2[nH]1.Cl. The first kappa shape index (κ1) is 20.0. The van der Waals surface area contributed by atoms with E-state index in [1.807, 2.05) is 24.3 Å². The van der Waals surface area contributed by atoms with Crippen LogP contribution in [-0.4, -0.2) is 65.8 Å². The first-order valence-corrected chi connectivity index (χ1v) is 9.53. The minimum absolute atomic E-state index is 0. The standard InChI is InChI=1S/C17H25N5OS.ClH/c1-13(17-20-14-4-2-3-5-15(14)21-17)24-12-16(23)19-8-11-22-9-6-18-7-10-22;/h2-5,13,18H,6-12H2,1H3,(H,19,23)(H,20,21);1H. The van der Waals surface area contributed by atoms with Gasteiger partial charge in [0.05, 0.1) is 22.0 Å². The molecule has 1 unspecified atom stereocenters. The Morgan fingerprint density at radius 3 is 2.88 bits per heavy atom. The molecule has 0 bridgehead atoms. The van der Waals surface area contributed by atoms with E-state index in [9.17, 15) is 4.79 Å². The van der Waals surface area contributed by atoms with Gasteiger partial charge in [-0.3, -0.25) is 9.69 Å². The number of piperazine rings is 1. The van der Waals surface area contributed by atoms with Gasteiger partial charge in [0, 0.05) is 39.3 Å². The number of carbonyl (C=O) groups is 1. The highest BCUT2D eigenvalue weighted by molar-refractivity contribution is 8.00. The van der Waals surface area contributed by atoms with E-state index in [0.29, 0.717) is 5.75 Å². The Hall–Kier alpha value is -1.28. The van der Waals surface area contributed by atoms with Crippen LogP contribution in [0.25, 0.3) is 11.0 Å². The average Bonchev–Trinajstić information content (AvgIpc) is 3.05. The number of nitrogens with zero attached hydrogens (tertiary/aromatic N) is 2. The molecule has 0 aliphatic carbocycles. The van der Waals surface area contributed by atoms with Gasteiger partial charge in [0.15, 0.2) is 0 Å². The number of aromatic amines is 1. The maximum atomic E-state index is 12.0. The molecule has 6 nitrogen and oxygen atoms in total. The monoisotopic (exact) mass is 383 g/mol. The number of aromatic nitrogens is 2. The molecule has 1 aliphatic rings. The van der Waals surface area contributed by atoms with Crippen LogP contribution in [0.2, 0.25) is 0 Å². The number of H-pyrrole nitrogens is 1. The number of hydrogen-bond acceptors (Lipinski definition) is 5. The number of imidazole rings is 1. The lowest BCUT2D eigenvalue weighted by Gasteiger charge is -2.27. The first-order valence-electron chi connectivity index (χ1n) is 8.48. The third-order valence-corrected chi connectivity index (χ3v) is 5.37. The van der Waals surface area contributed by atoms with Crippen LogP contribution in [0.4, 0.5) is 0 Å². The van der Waals surface area contributed by atoms with Crippen molar-refractivity contribution in [3.05, 3.63) is 30.1 Å². The van der Waals surface area contributed by atoms with Crippen LogP contribution in [0.5, 0.6) is 0 Å². The van der Waals surface area contributed by atoms with E-state index in [0.717, 1.165) is 56.1 Å². The summed E-state index contributed by atoms with van der Waals surface area (Å²) >= 11 is 1.61. The molecule has 3 rings (SSSR count). The fraction of sp³-hybridized carbons (Fsp3) is 0.529. The fourth-order valence-corrected chi connectivity index (χ4v) is 3.56. The molecular weight excluding hydrogens is 358 g/mol. The Morgan fingerprint density at radius 2 is 2.12 bits per heavy atom. The lowest BCUT2D eigenvalue weighted by atomic mass is 10.3. The minimum Gasteiger partial charge on any atom is -0.354 e. The summed E-state index contributed by atoms with van der Waals surface area (Å²) in [6.07, 6.45) is 0. The Labute approximate surface area is 158 Å². The lowest BCUT2D eigenvalue weighted by molar-refractivity contribution is -0.118. The molecule has 3 N–H and O–H groups in total. The van der Waals surface area contributed by atoms with Gasteiger partial charge in [-0.05, 0) is 19.1 Å². The lowest BCUT2D eigenvalue weighted by Crippen LogP contribution is -2.46. The molecule has 138 valence electrons. The molecule has 1 aliphatic heterocycles. The summed E-state index contributed by atoms with van der Waals surface area (Å²) in [6.45, 7) is 7.94. The van der Waals surface area contributed by atoms with Crippen LogP contribution in [0.3, 0.4) is 0 Å². The zero-order valence-corrected chi connectivity index (χ0v) is 16.1. The maximum absolute atomic E-state index is 12.0. The zero-order valence-electron chi connectivity index (χ0n) is 14.5. The van der Waals surface area contributed by atoms with Gasteiger partial charge in [0.1, 0.15) is 5.82 Å². The van der Waals surface area contributed by atoms with Crippen LogP contribution in [-0.2, 0) is 4.79 Å². The Morgan fingerprint density at radius 1 is 1.36 bits per heavy atom. The minimum atomic E-state index is 0. The maximum Gasteiger partial charge on any atom is 0.230 e. The number of nitrogens with one attached hydrogen (secondary N) is 3. The molecule has 2 aromatic rings. The van der Waals surface area contributed by atoms with Crippen molar-refractivity contribution in [3.8, 4) is 0 Å². The predicted octanol–water partition coefficient (Wildman–Crippen LogP) is 1.80. The van der Waals surface area contributed by atoms with Gasteiger partial charge in [0.2, 0.25) is 5.91 Å². The van der Waals surface area contributed by atoms with Gasteiger partial charge in [-0.1, -0.05) is 12.1 Å². The van der Waals surface area contributed by atoms with Crippen molar-refractivity contribution < 1.29 is 4.79 Å². The number of para-hydroxylation sites is 2. The van der Waals surface area contributed by atoms with Crippen LogP contribution in [0, 0.1) is 0 Å². The van der Waals surface area contributed by atoms with Crippen molar-refractivity contribution in [1.29, 1.82) is 0 Å². The van der Waals surface area contributed by atoms with E-state index >= 15 is 0 Å². The summed E-state index contributed by atoms with van der Waals surface area (Å²) < 4.78 is 0. The Bertz CT molecular complexity index is 641. The van der Waals surface area contributed by atoms with Crippen LogP contribution in [0.1, 0.15) is 18.0 Å². The third-order valence-electron chi connectivity index (χ3n) is 4.22. The molecule has 25 heavy (non-hydrogen) atoms. The predicted molar refractivity (Wildman–Crippen MR) is 107 cm³/mol. The summed E-state index contributed by atoms with van der Waals surface area (Å²) in [5.41, 5.74) is 2.01. The normalized spacial score (nSPS) is 16.4. The van der Waals surface area contributed by atoms with Crippen LogP contribution < -0.4 is 10.6 Å². The molecule has 1 amide bonds. The number of rotatable bonds is 7. The van der Waals surface area contributed by atoms with Gasteiger partial charge in [0.25, 0.3) is 0 Å². The Balaban J connectivity index is 0.00000225. The van der Waals surface area contributed by atoms with Crippen molar-refractivity contribution in [2.75, 3.05) is 45.0 Å².